The van der Waals surface area contributed by atoms with E-state index in [1.807, 2.05) is 42.5 Å². The summed E-state index contributed by atoms with van der Waals surface area (Å²) in [5, 5.41) is 10.9. The average molecular weight is 340 g/mol. The number of benzene rings is 2. The van der Waals surface area contributed by atoms with Crippen molar-refractivity contribution in [2.24, 2.45) is 0 Å². The summed E-state index contributed by atoms with van der Waals surface area (Å²) in [6.07, 6.45) is -0.103. The number of halogens is 2. The topological polar surface area (TPSA) is 29.5 Å². The molecule has 0 fully saturated rings. The van der Waals surface area contributed by atoms with Crippen LogP contribution in [0.15, 0.2) is 46.9 Å². The number of hydrogen-bond acceptors (Lipinski definition) is 2. The van der Waals surface area contributed by atoms with Gasteiger partial charge in [0, 0.05) is 16.5 Å². The third-order valence-corrected chi connectivity index (χ3v) is 4.51. The fraction of sp³-hybridized carbons (Fsp3) is 0.200. The number of hydrogen-bond donors (Lipinski definition) is 1. The van der Waals surface area contributed by atoms with E-state index in [1.54, 1.807) is 0 Å². The highest BCUT2D eigenvalue weighted by molar-refractivity contribution is 9.10. The first-order valence-corrected chi connectivity index (χ1v) is 7.21. The van der Waals surface area contributed by atoms with Crippen LogP contribution in [0.5, 0.6) is 5.75 Å². The summed E-state index contributed by atoms with van der Waals surface area (Å²) in [5.41, 5.74) is 1.86. The summed E-state index contributed by atoms with van der Waals surface area (Å²) in [5.74, 6) is 0.748. The van der Waals surface area contributed by atoms with Crippen molar-refractivity contribution in [1.82, 2.24) is 0 Å². The Hall–Kier alpha value is -1.03. The van der Waals surface area contributed by atoms with Crippen molar-refractivity contribution < 1.29 is 9.84 Å². The maximum atomic E-state index is 10.2. The van der Waals surface area contributed by atoms with Crippen molar-refractivity contribution in [1.29, 1.82) is 0 Å². The molecule has 0 spiro atoms. The van der Waals surface area contributed by atoms with Gasteiger partial charge in [-0.1, -0.05) is 35.9 Å². The monoisotopic (exact) mass is 338 g/mol. The smallest absolute Gasteiger partial charge is 0.127 e. The maximum Gasteiger partial charge on any atom is 0.127 e. The molecular formula is C15H12BrClO2. The van der Waals surface area contributed by atoms with Gasteiger partial charge >= 0.3 is 0 Å². The van der Waals surface area contributed by atoms with Crippen LogP contribution >= 0.6 is 27.5 Å². The Kier molecular flexibility index (Phi) is 3.52. The SMILES string of the molecule is O[C@@H]1CC(c2ccc(Cl)c(Br)c2)Oc2ccccc21. The molecule has 1 unspecified atom stereocenters. The number of para-hydroxylation sites is 1. The van der Waals surface area contributed by atoms with Gasteiger partial charge < -0.3 is 9.84 Å². The highest BCUT2D eigenvalue weighted by Gasteiger charge is 2.27. The predicted molar refractivity (Wildman–Crippen MR) is 78.5 cm³/mol. The quantitative estimate of drug-likeness (QED) is 0.819. The van der Waals surface area contributed by atoms with E-state index in [1.165, 1.54) is 0 Å². The summed E-state index contributed by atoms with van der Waals surface area (Å²) in [4.78, 5) is 0. The zero-order chi connectivity index (χ0) is 13.4. The predicted octanol–water partition coefficient (Wildman–Crippen LogP) is 4.66. The Bertz CT molecular complexity index is 615. The number of fused-ring (bicyclic) bond motifs is 1. The second-order valence-electron chi connectivity index (χ2n) is 4.57. The molecule has 1 heterocycles. The molecule has 2 aromatic rings. The van der Waals surface area contributed by atoms with E-state index in [2.05, 4.69) is 15.9 Å². The first-order chi connectivity index (χ1) is 9.15. The van der Waals surface area contributed by atoms with Crippen LogP contribution in [-0.4, -0.2) is 5.11 Å². The summed E-state index contributed by atoms with van der Waals surface area (Å²) in [6.45, 7) is 0. The second kappa shape index (κ2) is 5.16. The zero-order valence-corrected chi connectivity index (χ0v) is 12.4. The van der Waals surface area contributed by atoms with Crippen molar-refractivity contribution in [2.75, 3.05) is 0 Å². The fourth-order valence-electron chi connectivity index (χ4n) is 2.31. The molecule has 2 aromatic carbocycles. The number of ether oxygens (including phenoxy) is 1. The molecule has 3 rings (SSSR count). The summed E-state index contributed by atoms with van der Waals surface area (Å²) in [6, 6.07) is 13.3. The van der Waals surface area contributed by atoms with Crippen molar-refractivity contribution in [3.8, 4) is 5.75 Å². The first kappa shape index (κ1) is 13.0. The second-order valence-corrected chi connectivity index (χ2v) is 5.83. The van der Waals surface area contributed by atoms with Gasteiger partial charge in [-0.25, -0.2) is 0 Å². The fourth-order valence-corrected chi connectivity index (χ4v) is 2.83. The molecule has 2 atom stereocenters. The summed E-state index contributed by atoms with van der Waals surface area (Å²) < 4.78 is 6.80. The Morgan fingerprint density at radius 1 is 1.21 bits per heavy atom. The molecule has 1 aliphatic rings. The highest BCUT2D eigenvalue weighted by Crippen LogP contribution is 2.41. The third-order valence-electron chi connectivity index (χ3n) is 3.30. The molecule has 4 heteroatoms. The number of aliphatic hydroxyl groups is 1. The lowest BCUT2D eigenvalue weighted by atomic mass is 9.95. The molecule has 0 aliphatic carbocycles. The third kappa shape index (κ3) is 2.50. The minimum absolute atomic E-state index is 0.154. The molecular weight excluding hydrogens is 328 g/mol. The maximum absolute atomic E-state index is 10.2. The molecule has 0 bridgehead atoms. The van der Waals surface area contributed by atoms with Gasteiger partial charge in [0.2, 0.25) is 0 Å². The minimum atomic E-state index is -0.496. The lowest BCUT2D eigenvalue weighted by Crippen LogP contribution is -2.18. The first-order valence-electron chi connectivity index (χ1n) is 6.04. The Balaban J connectivity index is 1.94. The lowest BCUT2D eigenvalue weighted by Gasteiger charge is -2.30. The van der Waals surface area contributed by atoms with Crippen LogP contribution in [0, 0.1) is 0 Å². The van der Waals surface area contributed by atoms with Crippen LogP contribution < -0.4 is 4.74 Å². The van der Waals surface area contributed by atoms with Crippen molar-refractivity contribution in [2.45, 2.75) is 18.6 Å². The molecule has 1 N–H and O–H groups in total. The van der Waals surface area contributed by atoms with Crippen LogP contribution in [-0.2, 0) is 0 Å². The van der Waals surface area contributed by atoms with E-state index >= 15 is 0 Å². The van der Waals surface area contributed by atoms with E-state index in [-0.39, 0.29) is 6.10 Å². The van der Waals surface area contributed by atoms with Gasteiger partial charge in [0.15, 0.2) is 0 Å². The van der Waals surface area contributed by atoms with E-state index in [9.17, 15) is 5.11 Å². The van der Waals surface area contributed by atoms with Crippen molar-refractivity contribution >= 4 is 27.5 Å². The van der Waals surface area contributed by atoms with Gasteiger partial charge in [-0.05, 0) is 39.7 Å². The zero-order valence-electron chi connectivity index (χ0n) is 10.0. The molecule has 2 nitrogen and oxygen atoms in total. The van der Waals surface area contributed by atoms with Gasteiger partial charge in [0.1, 0.15) is 11.9 Å². The average Bonchev–Trinajstić information content (AvgIpc) is 2.42. The summed E-state index contributed by atoms with van der Waals surface area (Å²) >= 11 is 9.40. The molecule has 19 heavy (non-hydrogen) atoms. The Labute approximate surface area is 125 Å². The Morgan fingerprint density at radius 3 is 2.79 bits per heavy atom. The molecule has 0 aromatic heterocycles. The molecule has 0 saturated heterocycles. The molecule has 0 radical (unpaired) electrons. The van der Waals surface area contributed by atoms with Gasteiger partial charge in [-0.3, -0.25) is 0 Å². The van der Waals surface area contributed by atoms with Crippen LogP contribution in [0.4, 0.5) is 0 Å². The van der Waals surface area contributed by atoms with Crippen LogP contribution in [0.2, 0.25) is 5.02 Å². The van der Waals surface area contributed by atoms with E-state index in [4.69, 9.17) is 16.3 Å². The highest BCUT2D eigenvalue weighted by atomic mass is 79.9. The van der Waals surface area contributed by atoms with Gasteiger partial charge in [0.25, 0.3) is 0 Å². The van der Waals surface area contributed by atoms with Gasteiger partial charge in [0.05, 0.1) is 11.1 Å². The van der Waals surface area contributed by atoms with E-state index in [0.29, 0.717) is 11.4 Å². The number of aliphatic hydroxyl groups excluding tert-OH is 1. The normalized spacial score (nSPS) is 21.6. The largest absolute Gasteiger partial charge is 0.485 e. The molecule has 98 valence electrons. The lowest BCUT2D eigenvalue weighted by molar-refractivity contribution is 0.0657. The van der Waals surface area contributed by atoms with Crippen LogP contribution in [0.3, 0.4) is 0 Å². The van der Waals surface area contributed by atoms with Gasteiger partial charge in [-0.15, -0.1) is 0 Å². The van der Waals surface area contributed by atoms with E-state index in [0.717, 1.165) is 21.3 Å². The van der Waals surface area contributed by atoms with Crippen molar-refractivity contribution in [3.63, 3.8) is 0 Å². The van der Waals surface area contributed by atoms with E-state index < -0.39 is 6.10 Å². The van der Waals surface area contributed by atoms with Crippen molar-refractivity contribution in [3.05, 3.63) is 63.1 Å². The van der Waals surface area contributed by atoms with Gasteiger partial charge in [-0.2, -0.15) is 0 Å². The standard InChI is InChI=1S/C15H12BrClO2/c16-11-7-9(5-6-12(11)17)15-8-13(18)10-3-1-2-4-14(10)19-15/h1-7,13,15,18H,8H2/t13-,15?/m1/s1. The molecule has 0 amide bonds. The Morgan fingerprint density at radius 2 is 2.00 bits per heavy atom. The summed E-state index contributed by atoms with van der Waals surface area (Å²) in [7, 11) is 0. The minimum Gasteiger partial charge on any atom is -0.485 e. The van der Waals surface area contributed by atoms with Crippen LogP contribution in [0.25, 0.3) is 0 Å². The molecule has 0 saturated carbocycles. The number of rotatable bonds is 1. The molecule has 1 aliphatic heterocycles. The van der Waals surface area contributed by atoms with Crippen LogP contribution in [0.1, 0.15) is 29.8 Å².